The average Bonchev–Trinajstić information content (AvgIpc) is 2.61. The Bertz CT molecular complexity index is 972. The largest absolute Gasteiger partial charge is 0.341 e. The van der Waals surface area contributed by atoms with Gasteiger partial charge in [0, 0.05) is 6.04 Å². The minimum absolute atomic E-state index is 0.0957. The fourth-order valence-corrected chi connectivity index (χ4v) is 4.53. The second-order valence-electron chi connectivity index (χ2n) is 8.61. The van der Waals surface area contributed by atoms with Gasteiger partial charge in [0.25, 0.3) is 10.0 Å². The zero-order chi connectivity index (χ0) is 20.5. The number of hydrogen-bond acceptors (Lipinski definition) is 4. The highest BCUT2D eigenvalue weighted by molar-refractivity contribution is 7.90. The number of nitrogens with one attached hydrogen (secondary N) is 2. The topological polar surface area (TPSA) is 70.6 Å². The van der Waals surface area contributed by atoms with E-state index < -0.39 is 10.0 Å². The maximum absolute atomic E-state index is 12.4. The van der Waals surface area contributed by atoms with Crippen molar-refractivity contribution in [2.45, 2.75) is 51.0 Å². The summed E-state index contributed by atoms with van der Waals surface area (Å²) in [5.41, 5.74) is 3.16. The van der Waals surface area contributed by atoms with E-state index in [0.717, 1.165) is 0 Å². The smallest absolute Gasteiger partial charge is 0.286 e. The van der Waals surface area contributed by atoms with Crippen LogP contribution in [0.2, 0.25) is 0 Å². The third-order valence-corrected chi connectivity index (χ3v) is 6.34. The highest BCUT2D eigenvalue weighted by Gasteiger charge is 2.25. The van der Waals surface area contributed by atoms with Gasteiger partial charge in [-0.3, -0.25) is 0 Å². The standard InChI is InChI=1S/C22H29N3O2S/c1-15(2)21(16-10-12-17(13-11-16)22(3,4)5)23-14-20-24-18-8-6-7-9-19(18)28(26,27)25-20/h6-13,15,21,23H,14H2,1-5H3,(H,24,25)/t21-/m1/s1. The molecule has 1 aliphatic heterocycles. The molecular weight excluding hydrogens is 370 g/mol. The second-order valence-corrected chi connectivity index (χ2v) is 10.2. The number of nitrogens with zero attached hydrogens (tertiary/aromatic N) is 1. The molecule has 2 N–H and O–H groups in total. The van der Waals surface area contributed by atoms with E-state index >= 15 is 0 Å². The Labute approximate surface area is 168 Å². The van der Waals surface area contributed by atoms with Gasteiger partial charge in [0.15, 0.2) is 0 Å². The van der Waals surface area contributed by atoms with Gasteiger partial charge < -0.3 is 10.6 Å². The molecule has 6 heteroatoms. The van der Waals surface area contributed by atoms with E-state index in [1.54, 1.807) is 18.2 Å². The van der Waals surface area contributed by atoms with Crippen molar-refractivity contribution >= 4 is 21.5 Å². The van der Waals surface area contributed by atoms with E-state index in [4.69, 9.17) is 0 Å². The number of para-hydroxylation sites is 1. The number of rotatable bonds is 5. The maximum Gasteiger partial charge on any atom is 0.286 e. The van der Waals surface area contributed by atoms with E-state index in [9.17, 15) is 8.42 Å². The Balaban J connectivity index is 1.77. The molecule has 2 aromatic carbocycles. The van der Waals surface area contributed by atoms with E-state index in [1.807, 2.05) is 6.07 Å². The van der Waals surface area contributed by atoms with Crippen LogP contribution in [0.15, 0.2) is 57.8 Å². The molecule has 0 fully saturated rings. The predicted octanol–water partition coefficient (Wildman–Crippen LogP) is 4.48. The van der Waals surface area contributed by atoms with Crippen LogP contribution >= 0.6 is 0 Å². The molecule has 150 valence electrons. The summed E-state index contributed by atoms with van der Waals surface area (Å²) in [6.07, 6.45) is 0. The highest BCUT2D eigenvalue weighted by Crippen LogP contribution is 2.28. The minimum Gasteiger partial charge on any atom is -0.341 e. The van der Waals surface area contributed by atoms with Gasteiger partial charge in [0.2, 0.25) is 0 Å². The van der Waals surface area contributed by atoms with Crippen LogP contribution in [0.25, 0.3) is 0 Å². The van der Waals surface area contributed by atoms with Crippen LogP contribution in [0.1, 0.15) is 51.8 Å². The van der Waals surface area contributed by atoms with Crippen LogP contribution in [0.4, 0.5) is 5.69 Å². The normalized spacial score (nSPS) is 16.9. The zero-order valence-corrected chi connectivity index (χ0v) is 18.0. The molecule has 0 spiro atoms. The van der Waals surface area contributed by atoms with Gasteiger partial charge >= 0.3 is 0 Å². The van der Waals surface area contributed by atoms with Gasteiger partial charge in [-0.25, -0.2) is 0 Å². The van der Waals surface area contributed by atoms with Gasteiger partial charge in [0.05, 0.1) is 12.2 Å². The zero-order valence-electron chi connectivity index (χ0n) is 17.2. The van der Waals surface area contributed by atoms with Crippen molar-refractivity contribution in [3.63, 3.8) is 0 Å². The van der Waals surface area contributed by atoms with Crippen molar-refractivity contribution in [1.29, 1.82) is 0 Å². The molecule has 2 aromatic rings. The summed E-state index contributed by atoms with van der Waals surface area (Å²) >= 11 is 0. The Kier molecular flexibility index (Phi) is 5.64. The molecule has 0 radical (unpaired) electrons. The first-order valence-electron chi connectivity index (χ1n) is 9.61. The molecule has 0 amide bonds. The average molecular weight is 400 g/mol. The molecule has 1 atom stereocenters. The van der Waals surface area contributed by atoms with E-state index in [1.165, 1.54) is 11.1 Å². The first-order chi connectivity index (χ1) is 13.1. The Hall–Kier alpha value is -2.18. The summed E-state index contributed by atoms with van der Waals surface area (Å²) in [7, 11) is -3.66. The van der Waals surface area contributed by atoms with Gasteiger partial charge in [-0.2, -0.15) is 8.42 Å². The lowest BCUT2D eigenvalue weighted by Gasteiger charge is -2.26. The summed E-state index contributed by atoms with van der Waals surface area (Å²) in [6, 6.07) is 15.6. The molecular formula is C22H29N3O2S. The fourth-order valence-electron chi connectivity index (χ4n) is 3.38. The first kappa shape index (κ1) is 20.6. The summed E-state index contributed by atoms with van der Waals surface area (Å²) in [4.78, 5) is 0.219. The highest BCUT2D eigenvalue weighted by atomic mass is 32.2. The van der Waals surface area contributed by atoms with Crippen molar-refractivity contribution in [2.24, 2.45) is 10.3 Å². The monoisotopic (exact) mass is 399 g/mol. The number of amidine groups is 1. The molecule has 3 rings (SSSR count). The summed E-state index contributed by atoms with van der Waals surface area (Å²) in [5.74, 6) is 0.754. The molecule has 0 bridgehead atoms. The third-order valence-electron chi connectivity index (χ3n) is 4.97. The van der Waals surface area contributed by atoms with Crippen molar-refractivity contribution in [1.82, 2.24) is 5.32 Å². The van der Waals surface area contributed by atoms with Crippen LogP contribution in [-0.4, -0.2) is 20.8 Å². The fraction of sp³-hybridized carbons (Fsp3) is 0.409. The number of hydrogen-bond donors (Lipinski definition) is 2. The first-order valence-corrected chi connectivity index (χ1v) is 11.1. The Morgan fingerprint density at radius 2 is 1.68 bits per heavy atom. The summed E-state index contributed by atoms with van der Waals surface area (Å²) < 4.78 is 28.8. The number of sulfonamides is 1. The van der Waals surface area contributed by atoms with Crippen LogP contribution in [0.5, 0.6) is 0 Å². The molecule has 1 aliphatic rings. The van der Waals surface area contributed by atoms with Crippen molar-refractivity contribution < 1.29 is 8.42 Å². The lowest BCUT2D eigenvalue weighted by atomic mass is 9.85. The molecule has 0 aliphatic carbocycles. The van der Waals surface area contributed by atoms with Gasteiger partial charge in [0.1, 0.15) is 10.7 Å². The molecule has 5 nitrogen and oxygen atoms in total. The van der Waals surface area contributed by atoms with Crippen LogP contribution < -0.4 is 10.6 Å². The number of anilines is 1. The van der Waals surface area contributed by atoms with Gasteiger partial charge in [-0.15, -0.1) is 4.40 Å². The number of fused-ring (bicyclic) bond motifs is 1. The molecule has 0 unspecified atom stereocenters. The lowest BCUT2D eigenvalue weighted by molar-refractivity contribution is 0.432. The number of benzene rings is 2. The van der Waals surface area contributed by atoms with Crippen molar-refractivity contribution in [3.8, 4) is 0 Å². The second kappa shape index (κ2) is 7.68. The van der Waals surface area contributed by atoms with Crippen molar-refractivity contribution in [3.05, 3.63) is 59.7 Å². The summed E-state index contributed by atoms with van der Waals surface area (Å²) in [6.45, 7) is 11.2. The van der Waals surface area contributed by atoms with E-state index in [-0.39, 0.29) is 16.4 Å². The van der Waals surface area contributed by atoms with Gasteiger partial charge in [-0.05, 0) is 34.6 Å². The van der Waals surface area contributed by atoms with E-state index in [0.29, 0.717) is 24.0 Å². The summed E-state index contributed by atoms with van der Waals surface area (Å²) in [5, 5.41) is 6.61. The predicted molar refractivity (Wildman–Crippen MR) is 115 cm³/mol. The van der Waals surface area contributed by atoms with Gasteiger partial charge in [-0.1, -0.05) is 71.0 Å². The Morgan fingerprint density at radius 1 is 1.04 bits per heavy atom. The van der Waals surface area contributed by atoms with Crippen LogP contribution in [-0.2, 0) is 15.4 Å². The molecule has 0 saturated carbocycles. The maximum atomic E-state index is 12.4. The molecule has 0 saturated heterocycles. The minimum atomic E-state index is -3.66. The quantitative estimate of drug-likeness (QED) is 0.777. The molecule has 28 heavy (non-hydrogen) atoms. The molecule has 0 aromatic heterocycles. The SMILES string of the molecule is CC(C)[C@@H](NCC1=NS(=O)(=O)c2ccccc2N1)c1ccc(C(C)(C)C)cc1. The third kappa shape index (κ3) is 4.45. The Morgan fingerprint density at radius 3 is 2.29 bits per heavy atom. The lowest BCUT2D eigenvalue weighted by Crippen LogP contribution is -2.36. The van der Waals surface area contributed by atoms with E-state index in [2.05, 4.69) is 73.9 Å². The van der Waals surface area contributed by atoms with Crippen LogP contribution in [0.3, 0.4) is 0 Å². The van der Waals surface area contributed by atoms with Crippen molar-refractivity contribution in [2.75, 3.05) is 11.9 Å². The molecule has 1 heterocycles. The van der Waals surface area contributed by atoms with Crippen LogP contribution in [0, 0.1) is 5.92 Å².